The number of ether oxygens (including phenoxy) is 1. The van der Waals surface area contributed by atoms with E-state index in [2.05, 4.69) is 5.32 Å². The fourth-order valence-electron chi connectivity index (χ4n) is 4.50. The summed E-state index contributed by atoms with van der Waals surface area (Å²) in [6, 6.07) is 16.5. The third-order valence-corrected chi connectivity index (χ3v) is 6.14. The summed E-state index contributed by atoms with van der Waals surface area (Å²) in [6.45, 7) is 1.73. The SMILES string of the molecule is O=C(NCC(=O)N1CC[C@H]2CCCC[C@H]2C1)c1ccc(Oc2ccccc2)cc1. The molecule has 29 heavy (non-hydrogen) atoms. The lowest BCUT2D eigenvalue weighted by Crippen LogP contribution is -2.48. The van der Waals surface area contributed by atoms with E-state index < -0.39 is 0 Å². The van der Waals surface area contributed by atoms with Crippen LogP contribution < -0.4 is 10.1 Å². The molecule has 2 aromatic rings. The minimum Gasteiger partial charge on any atom is -0.457 e. The Morgan fingerprint density at radius 2 is 1.59 bits per heavy atom. The molecular formula is C24H28N2O3. The van der Waals surface area contributed by atoms with E-state index in [1.807, 2.05) is 35.2 Å². The van der Waals surface area contributed by atoms with Gasteiger partial charge in [-0.15, -0.1) is 0 Å². The first-order chi connectivity index (χ1) is 14.2. The predicted octanol–water partition coefficient (Wildman–Crippen LogP) is 4.25. The highest BCUT2D eigenvalue weighted by atomic mass is 16.5. The van der Waals surface area contributed by atoms with Crippen molar-refractivity contribution in [2.45, 2.75) is 32.1 Å². The number of likely N-dealkylation sites (tertiary alicyclic amines) is 1. The smallest absolute Gasteiger partial charge is 0.251 e. The van der Waals surface area contributed by atoms with E-state index >= 15 is 0 Å². The summed E-state index contributed by atoms with van der Waals surface area (Å²) in [5.41, 5.74) is 0.518. The summed E-state index contributed by atoms with van der Waals surface area (Å²) < 4.78 is 5.74. The lowest BCUT2D eigenvalue weighted by Gasteiger charge is -2.41. The second-order valence-corrected chi connectivity index (χ2v) is 8.06. The molecule has 2 amide bonds. The minimum atomic E-state index is -0.239. The van der Waals surface area contributed by atoms with Crippen LogP contribution in [0, 0.1) is 11.8 Å². The van der Waals surface area contributed by atoms with Crippen LogP contribution in [0.15, 0.2) is 54.6 Å². The summed E-state index contributed by atoms with van der Waals surface area (Å²) in [6.07, 6.45) is 6.27. The van der Waals surface area contributed by atoms with Crippen molar-refractivity contribution in [1.82, 2.24) is 10.2 Å². The molecule has 152 valence electrons. The van der Waals surface area contributed by atoms with Gasteiger partial charge in [-0.1, -0.05) is 37.5 Å². The van der Waals surface area contributed by atoms with Gasteiger partial charge in [-0.25, -0.2) is 0 Å². The fourth-order valence-corrected chi connectivity index (χ4v) is 4.50. The average Bonchev–Trinajstić information content (AvgIpc) is 2.78. The van der Waals surface area contributed by atoms with Gasteiger partial charge in [-0.05, 0) is 61.1 Å². The molecular weight excluding hydrogens is 364 g/mol. The highest BCUT2D eigenvalue weighted by Gasteiger charge is 2.32. The average molecular weight is 392 g/mol. The number of amides is 2. The van der Waals surface area contributed by atoms with Crippen LogP contribution in [0.1, 0.15) is 42.5 Å². The van der Waals surface area contributed by atoms with Crippen molar-refractivity contribution in [3.8, 4) is 11.5 Å². The highest BCUT2D eigenvalue weighted by molar-refractivity contribution is 5.96. The normalized spacial score (nSPS) is 21.2. The molecule has 0 bridgehead atoms. The van der Waals surface area contributed by atoms with E-state index in [0.29, 0.717) is 17.2 Å². The number of nitrogens with zero attached hydrogens (tertiary/aromatic N) is 1. The van der Waals surface area contributed by atoms with Gasteiger partial charge in [0.15, 0.2) is 0 Å². The Balaban J connectivity index is 1.26. The van der Waals surface area contributed by atoms with Crippen molar-refractivity contribution in [3.63, 3.8) is 0 Å². The number of piperidine rings is 1. The maximum atomic E-state index is 12.6. The molecule has 1 saturated heterocycles. The maximum absolute atomic E-state index is 12.6. The van der Waals surface area contributed by atoms with Crippen molar-refractivity contribution in [2.75, 3.05) is 19.6 Å². The van der Waals surface area contributed by atoms with Gasteiger partial charge in [0.25, 0.3) is 5.91 Å². The molecule has 1 heterocycles. The monoisotopic (exact) mass is 392 g/mol. The molecule has 1 N–H and O–H groups in total. The molecule has 2 aliphatic rings. The number of benzene rings is 2. The molecule has 0 aromatic heterocycles. The van der Waals surface area contributed by atoms with Gasteiger partial charge in [0, 0.05) is 18.7 Å². The first-order valence-corrected chi connectivity index (χ1v) is 10.6. The van der Waals surface area contributed by atoms with Crippen LogP contribution in [-0.4, -0.2) is 36.3 Å². The van der Waals surface area contributed by atoms with Crippen molar-refractivity contribution in [2.24, 2.45) is 11.8 Å². The van der Waals surface area contributed by atoms with Crippen LogP contribution in [0.5, 0.6) is 11.5 Å². The van der Waals surface area contributed by atoms with Crippen LogP contribution in [0.4, 0.5) is 0 Å². The van der Waals surface area contributed by atoms with Crippen molar-refractivity contribution in [3.05, 3.63) is 60.2 Å². The third-order valence-electron chi connectivity index (χ3n) is 6.14. The number of rotatable bonds is 5. The fraction of sp³-hybridized carbons (Fsp3) is 0.417. The Bertz CT molecular complexity index is 835. The Hall–Kier alpha value is -2.82. The molecule has 0 unspecified atom stereocenters. The van der Waals surface area contributed by atoms with E-state index in [1.165, 1.54) is 25.7 Å². The minimum absolute atomic E-state index is 0.0198. The van der Waals surface area contributed by atoms with Gasteiger partial charge >= 0.3 is 0 Å². The van der Waals surface area contributed by atoms with Crippen LogP contribution in [0.25, 0.3) is 0 Å². The number of hydrogen-bond acceptors (Lipinski definition) is 3. The number of carbonyl (C=O) groups excluding carboxylic acids is 2. The number of fused-ring (bicyclic) bond motifs is 1. The van der Waals surface area contributed by atoms with Gasteiger partial charge < -0.3 is 15.0 Å². The topological polar surface area (TPSA) is 58.6 Å². The number of nitrogens with one attached hydrogen (secondary N) is 1. The summed E-state index contributed by atoms with van der Waals surface area (Å²) in [5.74, 6) is 2.63. The molecule has 0 spiro atoms. The molecule has 0 radical (unpaired) electrons. The Morgan fingerprint density at radius 3 is 2.34 bits per heavy atom. The van der Waals surface area contributed by atoms with Gasteiger partial charge in [-0.3, -0.25) is 9.59 Å². The Morgan fingerprint density at radius 1 is 0.897 bits per heavy atom. The largest absolute Gasteiger partial charge is 0.457 e. The first kappa shape index (κ1) is 19.5. The van der Waals surface area contributed by atoms with Gasteiger partial charge in [-0.2, -0.15) is 0 Å². The quantitative estimate of drug-likeness (QED) is 0.828. The third kappa shape index (κ3) is 4.97. The van der Waals surface area contributed by atoms with Crippen LogP contribution in [0.3, 0.4) is 0 Å². The highest BCUT2D eigenvalue weighted by Crippen LogP contribution is 2.36. The second-order valence-electron chi connectivity index (χ2n) is 8.06. The van der Waals surface area contributed by atoms with Gasteiger partial charge in [0.05, 0.1) is 6.54 Å². The number of para-hydroxylation sites is 1. The maximum Gasteiger partial charge on any atom is 0.251 e. The van der Waals surface area contributed by atoms with E-state index in [-0.39, 0.29) is 18.4 Å². The van der Waals surface area contributed by atoms with E-state index in [9.17, 15) is 9.59 Å². The molecule has 2 fully saturated rings. The van der Waals surface area contributed by atoms with E-state index in [0.717, 1.165) is 31.2 Å². The Kier molecular flexibility index (Phi) is 6.13. The lowest BCUT2D eigenvalue weighted by molar-refractivity contribution is -0.133. The number of hydrogen-bond donors (Lipinski definition) is 1. The zero-order valence-electron chi connectivity index (χ0n) is 16.7. The van der Waals surface area contributed by atoms with Gasteiger partial charge in [0.1, 0.15) is 11.5 Å². The van der Waals surface area contributed by atoms with Crippen molar-refractivity contribution in [1.29, 1.82) is 0 Å². The molecule has 2 aromatic carbocycles. The van der Waals surface area contributed by atoms with Crippen molar-refractivity contribution >= 4 is 11.8 Å². The first-order valence-electron chi connectivity index (χ1n) is 10.6. The zero-order valence-corrected chi connectivity index (χ0v) is 16.7. The molecule has 4 rings (SSSR count). The van der Waals surface area contributed by atoms with Crippen LogP contribution in [0.2, 0.25) is 0 Å². The van der Waals surface area contributed by atoms with Crippen LogP contribution >= 0.6 is 0 Å². The standard InChI is InChI=1S/C24H28N2O3/c27-23(26-15-14-18-6-4-5-7-20(18)17-26)16-25-24(28)19-10-12-22(13-11-19)29-21-8-2-1-3-9-21/h1-3,8-13,18,20H,4-7,14-17H2,(H,25,28)/t18-,20+/m1/s1. The summed E-state index contributed by atoms with van der Waals surface area (Å²) in [5, 5.41) is 2.77. The number of carbonyl (C=O) groups is 2. The molecule has 1 aliphatic heterocycles. The molecule has 5 heteroatoms. The predicted molar refractivity (Wildman–Crippen MR) is 112 cm³/mol. The van der Waals surface area contributed by atoms with E-state index in [1.54, 1.807) is 24.3 Å². The zero-order chi connectivity index (χ0) is 20.1. The lowest BCUT2D eigenvalue weighted by atomic mass is 9.75. The molecule has 1 saturated carbocycles. The van der Waals surface area contributed by atoms with Gasteiger partial charge in [0.2, 0.25) is 5.91 Å². The Labute approximate surface area is 172 Å². The molecule has 2 atom stereocenters. The molecule has 1 aliphatic carbocycles. The van der Waals surface area contributed by atoms with E-state index in [4.69, 9.17) is 4.74 Å². The summed E-state index contributed by atoms with van der Waals surface area (Å²) >= 11 is 0. The summed E-state index contributed by atoms with van der Waals surface area (Å²) in [4.78, 5) is 26.9. The van der Waals surface area contributed by atoms with Crippen LogP contribution in [-0.2, 0) is 4.79 Å². The van der Waals surface area contributed by atoms with Crippen molar-refractivity contribution < 1.29 is 14.3 Å². The summed E-state index contributed by atoms with van der Waals surface area (Å²) in [7, 11) is 0. The molecule has 5 nitrogen and oxygen atoms in total. The second kappa shape index (κ2) is 9.12.